The smallest absolute Gasteiger partial charge is 0.264 e. The highest BCUT2D eigenvalue weighted by Crippen LogP contribution is 2.31. The van der Waals surface area contributed by atoms with Gasteiger partial charge in [0.05, 0.1) is 0 Å². The van der Waals surface area contributed by atoms with Gasteiger partial charge in [0, 0.05) is 11.6 Å². The van der Waals surface area contributed by atoms with Gasteiger partial charge >= 0.3 is 0 Å². The minimum Gasteiger partial charge on any atom is -0.264 e. The first kappa shape index (κ1) is 20.3. The first-order valence-electron chi connectivity index (χ1n) is 9.74. The molecule has 28 heavy (non-hydrogen) atoms. The van der Waals surface area contributed by atoms with Crippen molar-refractivity contribution < 1.29 is 8.42 Å². The predicted octanol–water partition coefficient (Wildman–Crippen LogP) is 4.89. The van der Waals surface area contributed by atoms with Gasteiger partial charge in [-0.05, 0) is 49.3 Å². The molecule has 0 aromatic heterocycles. The molecule has 3 rings (SSSR count). The predicted molar refractivity (Wildman–Crippen MR) is 117 cm³/mol. The Hall–Kier alpha value is -2.40. The minimum atomic E-state index is -3.59. The molecule has 5 heteroatoms. The summed E-state index contributed by atoms with van der Waals surface area (Å²) in [5.41, 5.74) is 3.84. The number of rotatable bonds is 6. The van der Waals surface area contributed by atoms with Gasteiger partial charge in [-0.3, -0.25) is 9.71 Å². The monoisotopic (exact) mass is 396 g/mol. The fraction of sp³-hybridized carbons (Fsp3) is 0.348. The number of aliphatic imine (C=N–C) groups is 1. The molecule has 2 aromatic carbocycles. The third-order valence-electron chi connectivity index (χ3n) is 5.08. The van der Waals surface area contributed by atoms with E-state index < -0.39 is 10.0 Å². The molecular weight excluding hydrogens is 368 g/mol. The molecule has 0 fully saturated rings. The SMILES string of the molecule is CC1=C(c2ccc(C(C)C)cc2)S(=O)(=O)NC1=NC(C)CCc1ccccc1. The van der Waals surface area contributed by atoms with Gasteiger partial charge in [0.25, 0.3) is 10.0 Å². The van der Waals surface area contributed by atoms with Crippen molar-refractivity contribution in [1.82, 2.24) is 4.72 Å². The Morgan fingerprint density at radius 2 is 1.61 bits per heavy atom. The highest BCUT2D eigenvalue weighted by Gasteiger charge is 2.32. The average molecular weight is 397 g/mol. The molecule has 0 spiro atoms. The average Bonchev–Trinajstić information content (AvgIpc) is 2.89. The highest BCUT2D eigenvalue weighted by atomic mass is 32.2. The molecule has 0 bridgehead atoms. The van der Waals surface area contributed by atoms with Crippen molar-refractivity contribution >= 4 is 20.8 Å². The summed E-state index contributed by atoms with van der Waals surface area (Å²) in [6, 6.07) is 18.0. The van der Waals surface area contributed by atoms with Crippen molar-refractivity contribution in [3.63, 3.8) is 0 Å². The molecule has 1 unspecified atom stereocenters. The molecule has 1 aliphatic heterocycles. The van der Waals surface area contributed by atoms with Crippen molar-refractivity contribution in [1.29, 1.82) is 0 Å². The fourth-order valence-electron chi connectivity index (χ4n) is 3.38. The standard InChI is InChI=1S/C23H28N2O2S/c1-16(2)20-12-14-21(15-13-20)22-18(4)23(25-28(22,26)27)24-17(3)10-11-19-8-6-5-7-9-19/h5-9,12-17H,10-11H2,1-4H3,(H,24,25). The van der Waals surface area contributed by atoms with E-state index in [0.29, 0.717) is 27.8 Å². The third kappa shape index (κ3) is 4.53. The molecule has 1 N–H and O–H groups in total. The van der Waals surface area contributed by atoms with E-state index in [4.69, 9.17) is 0 Å². The van der Waals surface area contributed by atoms with Crippen LogP contribution in [0.1, 0.15) is 56.7 Å². The molecule has 0 saturated carbocycles. The fourth-order valence-corrected chi connectivity index (χ4v) is 4.89. The number of nitrogens with zero attached hydrogens (tertiary/aromatic N) is 1. The lowest BCUT2D eigenvalue weighted by Gasteiger charge is -2.08. The Morgan fingerprint density at radius 1 is 0.964 bits per heavy atom. The Morgan fingerprint density at radius 3 is 2.21 bits per heavy atom. The van der Waals surface area contributed by atoms with E-state index in [1.807, 2.05) is 56.3 Å². The Balaban J connectivity index is 1.82. The number of hydrogen-bond donors (Lipinski definition) is 1. The van der Waals surface area contributed by atoms with Crippen molar-refractivity contribution in [2.45, 2.75) is 52.5 Å². The maximum Gasteiger partial charge on any atom is 0.264 e. The zero-order valence-corrected chi connectivity index (χ0v) is 17.8. The summed E-state index contributed by atoms with van der Waals surface area (Å²) in [6.07, 6.45) is 1.78. The normalized spacial score (nSPS) is 18.5. The van der Waals surface area contributed by atoms with Gasteiger partial charge in [-0.1, -0.05) is 68.4 Å². The first-order chi connectivity index (χ1) is 13.3. The topological polar surface area (TPSA) is 58.5 Å². The van der Waals surface area contributed by atoms with Crippen LogP contribution in [0.2, 0.25) is 0 Å². The first-order valence-corrected chi connectivity index (χ1v) is 11.2. The van der Waals surface area contributed by atoms with E-state index in [0.717, 1.165) is 12.8 Å². The molecule has 1 aliphatic rings. The minimum absolute atomic E-state index is 0.0236. The van der Waals surface area contributed by atoms with Gasteiger partial charge in [0.15, 0.2) is 0 Å². The number of benzene rings is 2. The van der Waals surface area contributed by atoms with Crippen LogP contribution in [0.15, 0.2) is 65.2 Å². The van der Waals surface area contributed by atoms with Gasteiger partial charge in [0.1, 0.15) is 10.7 Å². The van der Waals surface area contributed by atoms with Gasteiger partial charge < -0.3 is 0 Å². The number of sulfonamides is 1. The van der Waals surface area contributed by atoms with Crippen molar-refractivity contribution in [3.8, 4) is 0 Å². The highest BCUT2D eigenvalue weighted by molar-refractivity contribution is 8.00. The quantitative estimate of drug-likeness (QED) is 0.755. The van der Waals surface area contributed by atoms with Crippen LogP contribution in [0.5, 0.6) is 0 Å². The Bertz CT molecular complexity index is 989. The van der Waals surface area contributed by atoms with E-state index >= 15 is 0 Å². The maximum absolute atomic E-state index is 12.7. The van der Waals surface area contributed by atoms with Crippen molar-refractivity contribution in [2.24, 2.45) is 4.99 Å². The molecule has 148 valence electrons. The van der Waals surface area contributed by atoms with Crippen LogP contribution < -0.4 is 4.72 Å². The summed E-state index contributed by atoms with van der Waals surface area (Å²) in [7, 11) is -3.59. The van der Waals surface area contributed by atoms with Gasteiger partial charge in [-0.15, -0.1) is 0 Å². The summed E-state index contributed by atoms with van der Waals surface area (Å²) in [5.74, 6) is 0.869. The molecule has 0 aliphatic carbocycles. The summed E-state index contributed by atoms with van der Waals surface area (Å²) in [4.78, 5) is 4.99. The molecule has 0 saturated heterocycles. The Labute approximate surface area is 168 Å². The Kier molecular flexibility index (Phi) is 6.04. The van der Waals surface area contributed by atoms with Crippen LogP contribution in [-0.4, -0.2) is 20.3 Å². The molecule has 2 aromatic rings. The molecule has 1 atom stereocenters. The number of nitrogens with one attached hydrogen (secondary N) is 1. The third-order valence-corrected chi connectivity index (χ3v) is 6.62. The molecular formula is C23H28N2O2S. The van der Waals surface area contributed by atoms with E-state index in [-0.39, 0.29) is 6.04 Å². The lowest BCUT2D eigenvalue weighted by Crippen LogP contribution is -2.25. The van der Waals surface area contributed by atoms with E-state index in [1.165, 1.54) is 11.1 Å². The maximum atomic E-state index is 12.7. The summed E-state index contributed by atoms with van der Waals surface area (Å²) >= 11 is 0. The second-order valence-corrected chi connectivity index (χ2v) is 9.31. The number of hydrogen-bond acceptors (Lipinski definition) is 3. The summed E-state index contributed by atoms with van der Waals surface area (Å²) in [5, 5.41) is 0. The lowest BCUT2D eigenvalue weighted by atomic mass is 10.0. The zero-order valence-electron chi connectivity index (χ0n) is 16.9. The lowest BCUT2D eigenvalue weighted by molar-refractivity contribution is 0.603. The molecule has 0 amide bonds. The van der Waals surface area contributed by atoms with Crippen LogP contribution in [0.3, 0.4) is 0 Å². The van der Waals surface area contributed by atoms with Crippen LogP contribution >= 0.6 is 0 Å². The zero-order chi connectivity index (χ0) is 20.3. The largest absolute Gasteiger partial charge is 0.264 e. The number of amidine groups is 1. The van der Waals surface area contributed by atoms with E-state index in [1.54, 1.807) is 0 Å². The van der Waals surface area contributed by atoms with Crippen molar-refractivity contribution in [3.05, 3.63) is 76.9 Å². The second kappa shape index (κ2) is 8.31. The molecule has 4 nitrogen and oxygen atoms in total. The van der Waals surface area contributed by atoms with Crippen LogP contribution in [-0.2, 0) is 16.4 Å². The molecule has 0 radical (unpaired) electrons. The van der Waals surface area contributed by atoms with Gasteiger partial charge in [0.2, 0.25) is 0 Å². The van der Waals surface area contributed by atoms with Crippen LogP contribution in [0.4, 0.5) is 0 Å². The number of aryl methyl sites for hydroxylation is 1. The summed E-state index contributed by atoms with van der Waals surface area (Å²) < 4.78 is 28.1. The van der Waals surface area contributed by atoms with Gasteiger partial charge in [-0.2, -0.15) is 0 Å². The molecule has 1 heterocycles. The van der Waals surface area contributed by atoms with E-state index in [2.05, 4.69) is 35.7 Å². The van der Waals surface area contributed by atoms with Crippen LogP contribution in [0, 0.1) is 0 Å². The van der Waals surface area contributed by atoms with Gasteiger partial charge in [-0.25, -0.2) is 8.42 Å². The van der Waals surface area contributed by atoms with E-state index in [9.17, 15) is 8.42 Å². The summed E-state index contributed by atoms with van der Waals surface area (Å²) in [6.45, 7) is 8.09. The second-order valence-electron chi connectivity index (χ2n) is 7.69. The van der Waals surface area contributed by atoms with Crippen molar-refractivity contribution in [2.75, 3.05) is 0 Å². The van der Waals surface area contributed by atoms with Crippen LogP contribution in [0.25, 0.3) is 4.91 Å².